The number of anilines is 2. The fraction of sp³-hybridized carbons (Fsp3) is 0.333. The molecule has 2 aromatic rings. The summed E-state index contributed by atoms with van der Waals surface area (Å²) in [7, 11) is -3.60. The van der Waals surface area contributed by atoms with Gasteiger partial charge >= 0.3 is 0 Å². The Hall–Kier alpha value is -2.71. The zero-order valence-electron chi connectivity index (χ0n) is 17.0. The molecule has 0 radical (unpaired) electrons. The molecule has 8 heteroatoms. The van der Waals surface area contributed by atoms with Crippen molar-refractivity contribution in [1.29, 1.82) is 0 Å². The number of hydrogen-bond acceptors (Lipinski definition) is 4. The lowest BCUT2D eigenvalue weighted by molar-refractivity contribution is -0.118. The van der Waals surface area contributed by atoms with Gasteiger partial charge in [0, 0.05) is 28.9 Å². The Kier molecular flexibility index (Phi) is 7.53. The second-order valence-electron chi connectivity index (χ2n) is 7.13. The van der Waals surface area contributed by atoms with Gasteiger partial charge in [-0.1, -0.05) is 26.8 Å². The van der Waals surface area contributed by atoms with Gasteiger partial charge in [0.05, 0.1) is 4.90 Å². The molecule has 0 aliphatic carbocycles. The topological polar surface area (TPSA) is 104 Å². The number of hydrogen-bond donors (Lipinski definition) is 3. The lowest BCUT2D eigenvalue weighted by Crippen LogP contribution is -2.31. The largest absolute Gasteiger partial charge is 0.326 e. The smallest absolute Gasteiger partial charge is 0.255 e. The minimum atomic E-state index is -3.60. The van der Waals surface area contributed by atoms with E-state index in [0.29, 0.717) is 23.4 Å². The average Bonchev–Trinajstić information content (AvgIpc) is 2.68. The predicted molar refractivity (Wildman–Crippen MR) is 114 cm³/mol. The van der Waals surface area contributed by atoms with Gasteiger partial charge in [0.1, 0.15) is 0 Å². The van der Waals surface area contributed by atoms with Crippen LogP contribution in [0.4, 0.5) is 11.4 Å². The predicted octanol–water partition coefficient (Wildman–Crippen LogP) is 3.61. The maximum absolute atomic E-state index is 12.5. The monoisotopic (exact) mass is 417 g/mol. The van der Waals surface area contributed by atoms with Crippen LogP contribution in [0.25, 0.3) is 0 Å². The van der Waals surface area contributed by atoms with Gasteiger partial charge in [0.15, 0.2) is 0 Å². The van der Waals surface area contributed by atoms with Crippen LogP contribution in [0.3, 0.4) is 0 Å². The van der Waals surface area contributed by atoms with Gasteiger partial charge in [-0.05, 0) is 55.8 Å². The molecule has 1 atom stereocenters. The van der Waals surface area contributed by atoms with E-state index < -0.39 is 10.0 Å². The Bertz CT molecular complexity index is 970. The number of sulfonamides is 1. The Balaban J connectivity index is 2.09. The number of amides is 2. The first kappa shape index (κ1) is 22.6. The fourth-order valence-electron chi connectivity index (χ4n) is 2.36. The maximum Gasteiger partial charge on any atom is 0.255 e. The number of rotatable bonds is 8. The zero-order chi connectivity index (χ0) is 21.6. The molecule has 0 saturated heterocycles. The number of carbonyl (C=O) groups is 2. The first-order valence-corrected chi connectivity index (χ1v) is 11.0. The van der Waals surface area contributed by atoms with E-state index in [-0.39, 0.29) is 28.7 Å². The van der Waals surface area contributed by atoms with Gasteiger partial charge in [0.25, 0.3) is 5.91 Å². The fourth-order valence-corrected chi connectivity index (χ4v) is 3.69. The second-order valence-corrected chi connectivity index (χ2v) is 8.85. The molecule has 0 spiro atoms. The third-order valence-corrected chi connectivity index (χ3v) is 5.91. The van der Waals surface area contributed by atoms with Gasteiger partial charge < -0.3 is 10.6 Å². The van der Waals surface area contributed by atoms with E-state index in [1.54, 1.807) is 45.0 Å². The van der Waals surface area contributed by atoms with Crippen molar-refractivity contribution < 1.29 is 18.0 Å². The summed E-state index contributed by atoms with van der Waals surface area (Å²) in [6.07, 6.45) is 0.685. The average molecular weight is 418 g/mol. The molecule has 0 saturated carbocycles. The van der Waals surface area contributed by atoms with Crippen LogP contribution in [-0.2, 0) is 14.8 Å². The lowest BCUT2D eigenvalue weighted by atomic mass is 10.1. The summed E-state index contributed by atoms with van der Waals surface area (Å²) in [5.41, 5.74) is 1.38. The molecule has 0 fully saturated rings. The molecule has 29 heavy (non-hydrogen) atoms. The molecule has 7 nitrogen and oxygen atoms in total. The van der Waals surface area contributed by atoms with E-state index in [2.05, 4.69) is 15.4 Å². The molecular weight excluding hydrogens is 390 g/mol. The van der Waals surface area contributed by atoms with Crippen molar-refractivity contribution in [3.63, 3.8) is 0 Å². The van der Waals surface area contributed by atoms with E-state index in [9.17, 15) is 18.0 Å². The van der Waals surface area contributed by atoms with Crippen LogP contribution in [0.2, 0.25) is 0 Å². The van der Waals surface area contributed by atoms with Crippen LogP contribution in [-0.4, -0.2) is 26.3 Å². The number of benzene rings is 2. The molecule has 2 amide bonds. The van der Waals surface area contributed by atoms with Crippen molar-refractivity contribution in [2.45, 2.75) is 45.1 Å². The van der Waals surface area contributed by atoms with Crippen molar-refractivity contribution in [3.05, 3.63) is 54.1 Å². The quantitative estimate of drug-likeness (QED) is 0.610. The highest BCUT2D eigenvalue weighted by Gasteiger charge is 2.16. The van der Waals surface area contributed by atoms with Crippen molar-refractivity contribution in [2.75, 3.05) is 10.6 Å². The highest BCUT2D eigenvalue weighted by molar-refractivity contribution is 7.89. The number of carbonyl (C=O) groups excluding carboxylic acids is 2. The SMILES string of the molecule is CCC(C)NS(=O)(=O)c1ccc(NC(=O)c2cccc(NC(=O)C(C)C)c2)cc1. The minimum Gasteiger partial charge on any atom is -0.326 e. The first-order chi connectivity index (χ1) is 13.6. The van der Waals surface area contributed by atoms with Crippen molar-refractivity contribution in [3.8, 4) is 0 Å². The Morgan fingerprint density at radius 3 is 2.17 bits per heavy atom. The van der Waals surface area contributed by atoms with E-state index in [1.165, 1.54) is 24.3 Å². The Morgan fingerprint density at radius 1 is 0.931 bits per heavy atom. The van der Waals surface area contributed by atoms with Gasteiger partial charge in [-0.25, -0.2) is 13.1 Å². The van der Waals surface area contributed by atoms with Crippen LogP contribution in [0, 0.1) is 5.92 Å². The standard InChI is InChI=1S/C21H27N3O4S/c1-5-15(4)24-29(27,28)19-11-9-17(10-12-19)22-21(26)16-7-6-8-18(13-16)23-20(25)14(2)3/h6-15,24H,5H2,1-4H3,(H,22,26)(H,23,25). The van der Waals surface area contributed by atoms with Gasteiger partial charge in [-0.15, -0.1) is 0 Å². The van der Waals surface area contributed by atoms with Gasteiger partial charge in [0.2, 0.25) is 15.9 Å². The molecule has 1 unspecified atom stereocenters. The molecule has 0 aromatic heterocycles. The molecule has 0 aliphatic rings. The highest BCUT2D eigenvalue weighted by atomic mass is 32.2. The van der Waals surface area contributed by atoms with Crippen LogP contribution < -0.4 is 15.4 Å². The first-order valence-electron chi connectivity index (χ1n) is 9.47. The summed E-state index contributed by atoms with van der Waals surface area (Å²) in [6.45, 7) is 7.27. The van der Waals surface area contributed by atoms with Gasteiger partial charge in [-0.2, -0.15) is 0 Å². The van der Waals surface area contributed by atoms with E-state index in [0.717, 1.165) is 0 Å². The van der Waals surface area contributed by atoms with Crippen molar-refractivity contribution in [2.24, 2.45) is 5.92 Å². The molecule has 156 valence electrons. The minimum absolute atomic E-state index is 0.134. The van der Waals surface area contributed by atoms with Crippen LogP contribution >= 0.6 is 0 Å². The molecule has 2 rings (SSSR count). The van der Waals surface area contributed by atoms with Crippen molar-refractivity contribution in [1.82, 2.24) is 4.72 Å². The number of nitrogens with one attached hydrogen (secondary N) is 3. The molecule has 0 aliphatic heterocycles. The van der Waals surface area contributed by atoms with E-state index in [1.807, 2.05) is 6.92 Å². The molecule has 0 heterocycles. The summed E-state index contributed by atoms with van der Waals surface area (Å²) in [5.74, 6) is -0.665. The van der Waals surface area contributed by atoms with Crippen LogP contribution in [0.1, 0.15) is 44.5 Å². The molecule has 3 N–H and O–H groups in total. The van der Waals surface area contributed by atoms with Crippen LogP contribution in [0.15, 0.2) is 53.4 Å². The summed E-state index contributed by atoms with van der Waals surface area (Å²) >= 11 is 0. The second kappa shape index (κ2) is 9.67. The third kappa shape index (κ3) is 6.40. The normalized spacial score (nSPS) is 12.4. The summed E-state index contributed by atoms with van der Waals surface area (Å²) in [6, 6.07) is 12.4. The zero-order valence-corrected chi connectivity index (χ0v) is 17.8. The van der Waals surface area contributed by atoms with Gasteiger partial charge in [-0.3, -0.25) is 9.59 Å². The summed E-state index contributed by atoms with van der Waals surface area (Å²) < 4.78 is 27.2. The Labute approximate surface area is 172 Å². The Morgan fingerprint density at radius 2 is 1.59 bits per heavy atom. The highest BCUT2D eigenvalue weighted by Crippen LogP contribution is 2.17. The maximum atomic E-state index is 12.5. The van der Waals surface area contributed by atoms with Crippen molar-refractivity contribution >= 4 is 33.2 Å². The molecular formula is C21H27N3O4S. The molecule has 2 aromatic carbocycles. The van der Waals surface area contributed by atoms with E-state index >= 15 is 0 Å². The summed E-state index contributed by atoms with van der Waals surface area (Å²) in [5, 5.41) is 5.48. The summed E-state index contributed by atoms with van der Waals surface area (Å²) in [4.78, 5) is 24.4. The lowest BCUT2D eigenvalue weighted by Gasteiger charge is -2.13. The third-order valence-electron chi connectivity index (χ3n) is 4.31. The van der Waals surface area contributed by atoms with E-state index in [4.69, 9.17) is 0 Å². The molecule has 0 bridgehead atoms. The van der Waals surface area contributed by atoms with Crippen LogP contribution in [0.5, 0.6) is 0 Å².